The van der Waals surface area contributed by atoms with Crippen molar-refractivity contribution in [2.24, 2.45) is 0 Å². The summed E-state index contributed by atoms with van der Waals surface area (Å²) in [6.07, 6.45) is 8.31. The first kappa shape index (κ1) is 15.8. The van der Waals surface area contributed by atoms with Crippen molar-refractivity contribution in [2.45, 2.75) is 6.54 Å². The summed E-state index contributed by atoms with van der Waals surface area (Å²) in [4.78, 5) is 28.7. The molecular formula is C18H12ClN3O2. The van der Waals surface area contributed by atoms with Gasteiger partial charge in [-0.3, -0.25) is 14.0 Å². The maximum Gasteiger partial charge on any atom is 0.286 e. The van der Waals surface area contributed by atoms with E-state index in [-0.39, 0.29) is 12.2 Å². The van der Waals surface area contributed by atoms with E-state index in [1.165, 1.54) is 16.8 Å². The first-order chi connectivity index (χ1) is 11.6. The van der Waals surface area contributed by atoms with Crippen LogP contribution in [0, 0.1) is 12.3 Å². The molecule has 0 saturated carbocycles. The Morgan fingerprint density at radius 2 is 2.00 bits per heavy atom. The number of carbonyl (C=O) groups is 1. The molecule has 24 heavy (non-hydrogen) atoms. The van der Waals surface area contributed by atoms with E-state index in [9.17, 15) is 9.59 Å². The zero-order chi connectivity index (χ0) is 17.1. The lowest BCUT2D eigenvalue weighted by Gasteiger charge is -2.06. The van der Waals surface area contributed by atoms with Crippen LogP contribution in [-0.4, -0.2) is 15.3 Å². The minimum atomic E-state index is -0.546. The highest BCUT2D eigenvalue weighted by atomic mass is 35.5. The van der Waals surface area contributed by atoms with Gasteiger partial charge in [0.2, 0.25) is 0 Å². The van der Waals surface area contributed by atoms with Gasteiger partial charge >= 0.3 is 0 Å². The Hall–Kier alpha value is -3.10. The number of amides is 1. The topological polar surface area (TPSA) is 63.5 Å². The molecule has 1 aromatic carbocycles. The van der Waals surface area contributed by atoms with Crippen LogP contribution in [0.15, 0.2) is 53.6 Å². The number of aromatic nitrogens is 2. The van der Waals surface area contributed by atoms with E-state index in [0.29, 0.717) is 16.1 Å². The monoisotopic (exact) mass is 337 g/mol. The van der Waals surface area contributed by atoms with Crippen molar-refractivity contribution < 1.29 is 4.79 Å². The zero-order valence-corrected chi connectivity index (χ0v) is 13.2. The summed E-state index contributed by atoms with van der Waals surface area (Å²) in [5.74, 6) is 1.91. The van der Waals surface area contributed by atoms with Crippen LogP contribution < -0.4 is 10.9 Å². The van der Waals surface area contributed by atoms with Crippen LogP contribution in [0.5, 0.6) is 0 Å². The average Bonchev–Trinajstić information content (AvgIpc) is 2.61. The molecule has 0 spiro atoms. The molecule has 118 valence electrons. The standard InChI is InChI=1S/C18H12ClN3O2/c1-2-12-5-8-15-10-20-16(18(24)22(15)11-12)17(23)21-9-13-3-6-14(19)7-4-13/h1,3-8,10-11H,9H2,(H,21,23). The summed E-state index contributed by atoms with van der Waals surface area (Å²) in [6.45, 7) is 0.268. The molecule has 0 radical (unpaired) electrons. The second-order valence-corrected chi connectivity index (χ2v) is 5.51. The van der Waals surface area contributed by atoms with Gasteiger partial charge < -0.3 is 5.32 Å². The molecule has 0 unspecified atom stereocenters. The average molecular weight is 338 g/mol. The van der Waals surface area contributed by atoms with Crippen LogP contribution >= 0.6 is 11.6 Å². The molecule has 0 atom stereocenters. The number of rotatable bonds is 3. The van der Waals surface area contributed by atoms with E-state index >= 15 is 0 Å². The van der Waals surface area contributed by atoms with Crippen molar-refractivity contribution in [3.05, 3.63) is 81.0 Å². The fourth-order valence-corrected chi connectivity index (χ4v) is 2.33. The Balaban J connectivity index is 1.87. The highest BCUT2D eigenvalue weighted by Gasteiger charge is 2.14. The Morgan fingerprint density at radius 1 is 1.25 bits per heavy atom. The number of fused-ring (bicyclic) bond motifs is 1. The summed E-state index contributed by atoms with van der Waals surface area (Å²) < 4.78 is 1.32. The van der Waals surface area contributed by atoms with Crippen molar-refractivity contribution in [2.75, 3.05) is 0 Å². The summed E-state index contributed by atoms with van der Waals surface area (Å²) in [5.41, 5.74) is 1.27. The van der Waals surface area contributed by atoms with Gasteiger partial charge in [0.15, 0.2) is 5.69 Å². The first-order valence-corrected chi connectivity index (χ1v) is 7.47. The van der Waals surface area contributed by atoms with Gasteiger partial charge in [-0.25, -0.2) is 4.98 Å². The van der Waals surface area contributed by atoms with Gasteiger partial charge in [0, 0.05) is 23.3 Å². The minimum Gasteiger partial charge on any atom is -0.346 e. The number of halogens is 1. The summed E-state index contributed by atoms with van der Waals surface area (Å²) >= 11 is 5.82. The number of benzene rings is 1. The van der Waals surface area contributed by atoms with Gasteiger partial charge in [0.25, 0.3) is 11.5 Å². The molecule has 3 aromatic rings. The lowest BCUT2D eigenvalue weighted by atomic mass is 10.2. The van der Waals surface area contributed by atoms with Crippen LogP contribution in [-0.2, 0) is 6.54 Å². The highest BCUT2D eigenvalue weighted by Crippen LogP contribution is 2.09. The molecule has 3 rings (SSSR count). The predicted octanol–water partition coefficient (Wildman–Crippen LogP) is 2.26. The Labute approximate surface area is 142 Å². The number of pyridine rings is 1. The fraction of sp³-hybridized carbons (Fsp3) is 0.0556. The molecule has 0 saturated heterocycles. The number of terminal acetylenes is 1. The van der Waals surface area contributed by atoms with Crippen molar-refractivity contribution in [3.63, 3.8) is 0 Å². The number of hydrogen-bond donors (Lipinski definition) is 1. The second-order valence-electron chi connectivity index (χ2n) is 5.08. The molecule has 6 heteroatoms. The molecule has 1 N–H and O–H groups in total. The number of nitrogens with one attached hydrogen (secondary N) is 1. The quantitative estimate of drug-likeness (QED) is 0.746. The highest BCUT2D eigenvalue weighted by molar-refractivity contribution is 6.30. The number of hydrogen-bond acceptors (Lipinski definition) is 3. The third-order valence-corrected chi connectivity index (χ3v) is 3.73. The van der Waals surface area contributed by atoms with Crippen molar-refractivity contribution >= 4 is 23.0 Å². The maximum atomic E-state index is 12.4. The van der Waals surface area contributed by atoms with Gasteiger partial charge in [-0.2, -0.15) is 0 Å². The van der Waals surface area contributed by atoms with E-state index < -0.39 is 11.5 Å². The number of carbonyl (C=O) groups excluding carboxylic acids is 1. The lowest BCUT2D eigenvalue weighted by molar-refractivity contribution is 0.0944. The van der Waals surface area contributed by atoms with Crippen molar-refractivity contribution in [1.82, 2.24) is 14.7 Å². The Morgan fingerprint density at radius 3 is 2.71 bits per heavy atom. The lowest BCUT2D eigenvalue weighted by Crippen LogP contribution is -2.32. The van der Waals surface area contributed by atoms with Crippen LogP contribution in [0.4, 0.5) is 0 Å². The fourth-order valence-electron chi connectivity index (χ4n) is 2.20. The van der Waals surface area contributed by atoms with Crippen molar-refractivity contribution in [1.29, 1.82) is 0 Å². The molecule has 0 aliphatic carbocycles. The maximum absolute atomic E-state index is 12.4. The Bertz CT molecular complexity index is 1020. The summed E-state index contributed by atoms with van der Waals surface area (Å²) in [6, 6.07) is 10.4. The molecule has 0 fully saturated rings. The van der Waals surface area contributed by atoms with E-state index in [2.05, 4.69) is 16.2 Å². The van der Waals surface area contributed by atoms with E-state index in [1.54, 1.807) is 36.4 Å². The SMILES string of the molecule is C#Cc1ccc2cnc(C(=O)NCc3ccc(Cl)cc3)c(=O)n2c1. The molecule has 1 amide bonds. The minimum absolute atomic E-state index is 0.185. The smallest absolute Gasteiger partial charge is 0.286 e. The predicted molar refractivity (Wildman–Crippen MR) is 92.0 cm³/mol. The molecule has 2 heterocycles. The van der Waals surface area contributed by atoms with Crippen LogP contribution in [0.3, 0.4) is 0 Å². The molecule has 2 aromatic heterocycles. The number of nitrogens with zero attached hydrogens (tertiary/aromatic N) is 2. The molecule has 5 nitrogen and oxygen atoms in total. The zero-order valence-electron chi connectivity index (χ0n) is 12.5. The third-order valence-electron chi connectivity index (χ3n) is 3.48. The van der Waals surface area contributed by atoms with E-state index in [1.807, 2.05) is 0 Å². The van der Waals surface area contributed by atoms with Crippen LogP contribution in [0.1, 0.15) is 21.6 Å². The largest absolute Gasteiger partial charge is 0.346 e. The van der Waals surface area contributed by atoms with E-state index in [0.717, 1.165) is 5.56 Å². The molecular weight excluding hydrogens is 326 g/mol. The normalized spacial score (nSPS) is 10.3. The molecule has 0 bridgehead atoms. The summed E-state index contributed by atoms with van der Waals surface area (Å²) in [5, 5.41) is 3.29. The second kappa shape index (κ2) is 6.57. The molecule has 0 aliphatic rings. The van der Waals surface area contributed by atoms with Crippen molar-refractivity contribution in [3.8, 4) is 12.3 Å². The summed E-state index contributed by atoms with van der Waals surface area (Å²) in [7, 11) is 0. The van der Waals surface area contributed by atoms with Gasteiger partial charge in [0.05, 0.1) is 11.7 Å². The van der Waals surface area contributed by atoms with Gasteiger partial charge in [0.1, 0.15) is 0 Å². The van der Waals surface area contributed by atoms with Crippen LogP contribution in [0.25, 0.3) is 5.52 Å². The van der Waals surface area contributed by atoms with E-state index in [4.69, 9.17) is 18.0 Å². The van der Waals surface area contributed by atoms with Gasteiger partial charge in [-0.15, -0.1) is 6.42 Å². The van der Waals surface area contributed by atoms with Gasteiger partial charge in [-0.1, -0.05) is 29.7 Å². The molecule has 0 aliphatic heterocycles. The van der Waals surface area contributed by atoms with Crippen LogP contribution in [0.2, 0.25) is 5.02 Å². The third kappa shape index (κ3) is 3.14. The Kier molecular flexibility index (Phi) is 4.32. The first-order valence-electron chi connectivity index (χ1n) is 7.09. The van der Waals surface area contributed by atoms with Gasteiger partial charge in [-0.05, 0) is 29.8 Å².